The van der Waals surface area contributed by atoms with Gasteiger partial charge in [0.1, 0.15) is 6.33 Å². The van der Waals surface area contributed by atoms with Gasteiger partial charge in [-0.1, -0.05) is 0 Å². The molecule has 0 aliphatic rings. The number of hydrogen-bond acceptors (Lipinski definition) is 7. The Kier molecular flexibility index (Phi) is 3.70. The molecule has 1 aromatic carbocycles. The van der Waals surface area contributed by atoms with E-state index in [2.05, 4.69) is 4.98 Å². The van der Waals surface area contributed by atoms with Gasteiger partial charge >= 0.3 is 13.4 Å². The lowest BCUT2D eigenvalue weighted by Gasteiger charge is -2.13. The van der Waals surface area contributed by atoms with E-state index in [9.17, 15) is 29.7 Å². The SMILES string of the molecule is O=[N+]([O-])c1ccc(OP(=O)(O)n2ccnc2)c([N+](=O)[O-])c1. The third-order valence-electron chi connectivity index (χ3n) is 2.35. The van der Waals surface area contributed by atoms with Crippen molar-refractivity contribution in [2.45, 2.75) is 0 Å². The zero-order valence-corrected chi connectivity index (χ0v) is 11.0. The number of nitro groups is 2. The van der Waals surface area contributed by atoms with Gasteiger partial charge in [-0.05, 0) is 6.07 Å². The van der Waals surface area contributed by atoms with E-state index < -0.39 is 34.7 Å². The highest BCUT2D eigenvalue weighted by Gasteiger charge is 2.29. The van der Waals surface area contributed by atoms with Gasteiger partial charge in [0.25, 0.3) is 5.69 Å². The van der Waals surface area contributed by atoms with Crippen molar-refractivity contribution in [1.82, 2.24) is 9.32 Å². The van der Waals surface area contributed by atoms with Crippen molar-refractivity contribution in [3.05, 3.63) is 57.1 Å². The van der Waals surface area contributed by atoms with Crippen LogP contribution in [-0.2, 0) is 4.57 Å². The van der Waals surface area contributed by atoms with Gasteiger partial charge < -0.3 is 4.52 Å². The standard InChI is InChI=1S/C9H7N4O7P/c14-12(15)7-1-2-9(8(5-7)13(16)17)20-21(18,19)11-4-3-10-6-11/h1-6H,(H,18,19). The van der Waals surface area contributed by atoms with E-state index in [1.165, 1.54) is 6.20 Å². The average Bonchev–Trinajstić information content (AvgIpc) is 2.92. The van der Waals surface area contributed by atoms with Crippen molar-refractivity contribution in [2.75, 3.05) is 0 Å². The Morgan fingerprint density at radius 3 is 2.52 bits per heavy atom. The van der Waals surface area contributed by atoms with Crippen LogP contribution >= 0.6 is 7.75 Å². The highest BCUT2D eigenvalue weighted by molar-refractivity contribution is 7.51. The van der Waals surface area contributed by atoms with Crippen LogP contribution in [0.25, 0.3) is 0 Å². The fourth-order valence-electron chi connectivity index (χ4n) is 1.42. The Balaban J connectivity index is 2.43. The second-order valence-corrected chi connectivity index (χ2v) is 5.32. The van der Waals surface area contributed by atoms with Crippen LogP contribution < -0.4 is 4.52 Å². The molecule has 11 nitrogen and oxygen atoms in total. The molecule has 2 aromatic rings. The van der Waals surface area contributed by atoms with Crippen LogP contribution in [0.3, 0.4) is 0 Å². The summed E-state index contributed by atoms with van der Waals surface area (Å²) in [7, 11) is -4.44. The van der Waals surface area contributed by atoms with Gasteiger partial charge in [0.15, 0.2) is 0 Å². The molecule has 0 fully saturated rings. The van der Waals surface area contributed by atoms with Crippen LogP contribution in [0.2, 0.25) is 0 Å². The topological polar surface area (TPSA) is 151 Å². The van der Waals surface area contributed by atoms with Crippen molar-refractivity contribution < 1.29 is 23.8 Å². The zero-order valence-electron chi connectivity index (χ0n) is 10.1. The van der Waals surface area contributed by atoms with Crippen LogP contribution in [0.4, 0.5) is 11.4 Å². The van der Waals surface area contributed by atoms with E-state index in [-0.39, 0.29) is 0 Å². The molecular weight excluding hydrogens is 307 g/mol. The number of aromatic nitrogens is 2. The molecule has 12 heteroatoms. The molecule has 110 valence electrons. The second kappa shape index (κ2) is 5.31. The summed E-state index contributed by atoms with van der Waals surface area (Å²) >= 11 is 0. The molecule has 1 unspecified atom stereocenters. The van der Waals surface area contributed by atoms with Gasteiger partial charge in [-0.15, -0.1) is 0 Å². The Bertz CT molecular complexity index is 745. The van der Waals surface area contributed by atoms with Crippen LogP contribution in [0.5, 0.6) is 5.75 Å². The molecule has 0 amide bonds. The van der Waals surface area contributed by atoms with E-state index in [1.807, 2.05) is 0 Å². The minimum Gasteiger partial charge on any atom is -0.401 e. The average molecular weight is 314 g/mol. The van der Waals surface area contributed by atoms with Crippen LogP contribution in [0.1, 0.15) is 0 Å². The smallest absolute Gasteiger partial charge is 0.401 e. The molecule has 0 saturated heterocycles. The van der Waals surface area contributed by atoms with Crippen molar-refractivity contribution in [2.24, 2.45) is 0 Å². The molecule has 1 aromatic heterocycles. The van der Waals surface area contributed by atoms with Crippen molar-refractivity contribution >= 4 is 19.1 Å². The molecule has 1 atom stereocenters. The first kappa shape index (κ1) is 14.6. The van der Waals surface area contributed by atoms with Gasteiger partial charge in [-0.25, -0.2) is 13.9 Å². The fourth-order valence-corrected chi connectivity index (χ4v) is 2.34. The van der Waals surface area contributed by atoms with Crippen LogP contribution in [0, 0.1) is 20.2 Å². The van der Waals surface area contributed by atoms with Crippen LogP contribution in [-0.4, -0.2) is 24.1 Å². The van der Waals surface area contributed by atoms with E-state index >= 15 is 0 Å². The predicted octanol–water partition coefficient (Wildman–Crippen LogP) is 1.73. The number of rotatable bonds is 5. The monoisotopic (exact) mass is 314 g/mol. The van der Waals surface area contributed by atoms with Gasteiger partial charge in [0, 0.05) is 18.5 Å². The molecular formula is C9H7N4O7P. The summed E-state index contributed by atoms with van der Waals surface area (Å²) in [6.45, 7) is 0. The largest absolute Gasteiger partial charge is 0.491 e. The van der Waals surface area contributed by atoms with Gasteiger partial charge in [0.2, 0.25) is 5.75 Å². The third-order valence-corrected chi connectivity index (χ3v) is 3.60. The van der Waals surface area contributed by atoms with Crippen LogP contribution in [0.15, 0.2) is 36.9 Å². The summed E-state index contributed by atoms with van der Waals surface area (Å²) in [6, 6.07) is 2.45. The molecule has 1 N–H and O–H groups in total. The fraction of sp³-hybridized carbons (Fsp3) is 0. The maximum Gasteiger partial charge on any atom is 0.491 e. The molecule has 0 aliphatic carbocycles. The summed E-state index contributed by atoms with van der Waals surface area (Å²) in [4.78, 5) is 33.0. The summed E-state index contributed by atoms with van der Waals surface area (Å²) in [5.74, 6) is -0.565. The number of nitrogens with zero attached hydrogens (tertiary/aromatic N) is 4. The lowest BCUT2D eigenvalue weighted by molar-refractivity contribution is -0.394. The second-order valence-electron chi connectivity index (χ2n) is 3.69. The van der Waals surface area contributed by atoms with E-state index in [4.69, 9.17) is 4.52 Å². The first-order valence-corrected chi connectivity index (χ1v) is 6.78. The number of imidazole rings is 1. The minimum atomic E-state index is -4.44. The molecule has 0 bridgehead atoms. The van der Waals surface area contributed by atoms with E-state index in [0.717, 1.165) is 29.0 Å². The Morgan fingerprint density at radius 2 is 2.00 bits per heavy atom. The van der Waals surface area contributed by atoms with Gasteiger partial charge in [0.05, 0.1) is 15.9 Å². The molecule has 21 heavy (non-hydrogen) atoms. The third kappa shape index (κ3) is 3.04. The normalized spacial score (nSPS) is 13.4. The lowest BCUT2D eigenvalue weighted by atomic mass is 10.2. The molecule has 0 radical (unpaired) electrons. The molecule has 0 aliphatic heterocycles. The first-order valence-electron chi connectivity index (χ1n) is 5.25. The minimum absolute atomic E-state index is 0.538. The van der Waals surface area contributed by atoms with E-state index in [0.29, 0.717) is 6.07 Å². The maximum atomic E-state index is 11.9. The van der Waals surface area contributed by atoms with Crippen molar-refractivity contribution in [3.8, 4) is 5.75 Å². The van der Waals surface area contributed by atoms with Crippen molar-refractivity contribution in [1.29, 1.82) is 0 Å². The molecule has 1 heterocycles. The number of non-ortho nitro benzene ring substituents is 1. The molecule has 0 saturated carbocycles. The Morgan fingerprint density at radius 1 is 1.29 bits per heavy atom. The quantitative estimate of drug-likeness (QED) is 0.497. The molecule has 2 rings (SSSR count). The zero-order chi connectivity index (χ0) is 15.6. The first-order chi connectivity index (χ1) is 9.81. The van der Waals surface area contributed by atoms with Gasteiger partial charge in [-0.3, -0.25) is 25.1 Å². The summed E-state index contributed by atoms with van der Waals surface area (Å²) in [6.07, 6.45) is 3.35. The number of nitro benzene ring substituents is 2. The molecule has 0 spiro atoms. The highest BCUT2D eigenvalue weighted by atomic mass is 31.2. The van der Waals surface area contributed by atoms with E-state index in [1.54, 1.807) is 0 Å². The summed E-state index contributed by atoms with van der Waals surface area (Å²) in [5.41, 5.74) is -1.33. The number of benzene rings is 1. The predicted molar refractivity (Wildman–Crippen MR) is 67.8 cm³/mol. The highest BCUT2D eigenvalue weighted by Crippen LogP contribution is 2.46. The Labute approximate surface area is 116 Å². The maximum absolute atomic E-state index is 11.9. The number of hydrogen-bond donors (Lipinski definition) is 1. The summed E-state index contributed by atoms with van der Waals surface area (Å²) < 4.78 is 17.4. The van der Waals surface area contributed by atoms with Crippen molar-refractivity contribution in [3.63, 3.8) is 0 Å². The lowest BCUT2D eigenvalue weighted by Crippen LogP contribution is -2.03. The summed E-state index contributed by atoms with van der Waals surface area (Å²) in [5, 5.41) is 21.5. The van der Waals surface area contributed by atoms with Gasteiger partial charge in [-0.2, -0.15) is 0 Å². The Hall–Kier alpha value is -2.78.